The summed E-state index contributed by atoms with van der Waals surface area (Å²) in [6, 6.07) is 6.32. The lowest BCUT2D eigenvalue weighted by Gasteiger charge is -2.15. The highest BCUT2D eigenvalue weighted by Crippen LogP contribution is 2.24. The molecule has 1 rings (SSSR count). The predicted molar refractivity (Wildman–Crippen MR) is 86.1 cm³/mol. The molecule has 0 saturated carbocycles. The summed E-state index contributed by atoms with van der Waals surface area (Å²) in [6.45, 7) is 11.2. The SMILES string of the molecule is COc1ccc(OCCOCC(C)C)c(CNC(C)C)c1. The maximum atomic E-state index is 5.83. The fraction of sp³-hybridized carbons (Fsp3) is 0.647. The molecule has 0 bridgehead atoms. The first kappa shape index (κ1) is 17.8. The quantitative estimate of drug-likeness (QED) is 0.673. The molecule has 120 valence electrons. The van der Waals surface area contributed by atoms with Crippen molar-refractivity contribution in [2.45, 2.75) is 40.3 Å². The summed E-state index contributed by atoms with van der Waals surface area (Å²) in [7, 11) is 1.68. The van der Waals surface area contributed by atoms with Crippen LogP contribution < -0.4 is 14.8 Å². The molecule has 0 aromatic heterocycles. The minimum atomic E-state index is 0.429. The molecule has 0 aliphatic carbocycles. The van der Waals surface area contributed by atoms with Gasteiger partial charge in [-0.2, -0.15) is 0 Å². The molecule has 1 N–H and O–H groups in total. The Balaban J connectivity index is 2.54. The summed E-state index contributed by atoms with van der Waals surface area (Å²) < 4.78 is 16.6. The van der Waals surface area contributed by atoms with Crippen molar-refractivity contribution in [2.24, 2.45) is 5.92 Å². The highest BCUT2D eigenvalue weighted by molar-refractivity contribution is 5.40. The van der Waals surface area contributed by atoms with E-state index < -0.39 is 0 Å². The molecule has 0 atom stereocenters. The lowest BCUT2D eigenvalue weighted by Crippen LogP contribution is -2.22. The van der Waals surface area contributed by atoms with Crippen LogP contribution in [0.25, 0.3) is 0 Å². The van der Waals surface area contributed by atoms with Gasteiger partial charge < -0.3 is 19.5 Å². The largest absolute Gasteiger partial charge is 0.497 e. The van der Waals surface area contributed by atoms with E-state index in [1.165, 1.54) is 0 Å². The van der Waals surface area contributed by atoms with Crippen molar-refractivity contribution in [2.75, 3.05) is 26.9 Å². The standard InChI is InChI=1S/C17H29NO3/c1-13(2)12-20-8-9-21-17-7-6-16(19-5)10-15(17)11-18-14(3)4/h6-7,10,13-14,18H,8-9,11-12H2,1-5H3. The normalized spacial score (nSPS) is 11.2. The third kappa shape index (κ3) is 7.34. The Morgan fingerprint density at radius 2 is 1.86 bits per heavy atom. The average Bonchev–Trinajstić information content (AvgIpc) is 2.45. The van der Waals surface area contributed by atoms with Gasteiger partial charge in [0.25, 0.3) is 0 Å². The molecule has 0 amide bonds. The molecule has 0 saturated heterocycles. The number of hydrogen-bond donors (Lipinski definition) is 1. The van der Waals surface area contributed by atoms with Gasteiger partial charge in [0, 0.05) is 24.8 Å². The molecule has 0 radical (unpaired) electrons. The molecule has 0 aliphatic rings. The van der Waals surface area contributed by atoms with Crippen LogP contribution in [-0.4, -0.2) is 33.0 Å². The van der Waals surface area contributed by atoms with E-state index in [0.29, 0.717) is 25.2 Å². The zero-order valence-electron chi connectivity index (χ0n) is 13.9. The Morgan fingerprint density at radius 1 is 1.10 bits per heavy atom. The maximum Gasteiger partial charge on any atom is 0.124 e. The van der Waals surface area contributed by atoms with Crippen LogP contribution in [0.2, 0.25) is 0 Å². The van der Waals surface area contributed by atoms with E-state index in [9.17, 15) is 0 Å². The van der Waals surface area contributed by atoms with Gasteiger partial charge in [-0.1, -0.05) is 27.7 Å². The number of hydrogen-bond acceptors (Lipinski definition) is 4. The topological polar surface area (TPSA) is 39.7 Å². The van der Waals surface area contributed by atoms with Crippen LogP contribution >= 0.6 is 0 Å². The zero-order valence-corrected chi connectivity index (χ0v) is 13.9. The first-order valence-electron chi connectivity index (χ1n) is 7.63. The van der Waals surface area contributed by atoms with E-state index in [1.54, 1.807) is 7.11 Å². The Hall–Kier alpha value is -1.26. The second kappa shape index (κ2) is 9.64. The van der Waals surface area contributed by atoms with Gasteiger partial charge in [0.1, 0.15) is 18.1 Å². The second-order valence-electron chi connectivity index (χ2n) is 5.83. The van der Waals surface area contributed by atoms with Crippen LogP contribution in [0.4, 0.5) is 0 Å². The minimum absolute atomic E-state index is 0.429. The summed E-state index contributed by atoms with van der Waals surface area (Å²) in [5.74, 6) is 2.29. The van der Waals surface area contributed by atoms with Gasteiger partial charge in [0.05, 0.1) is 13.7 Å². The van der Waals surface area contributed by atoms with Crippen LogP contribution in [0, 0.1) is 5.92 Å². The van der Waals surface area contributed by atoms with Crippen molar-refractivity contribution in [3.05, 3.63) is 23.8 Å². The van der Waals surface area contributed by atoms with Gasteiger partial charge in [-0.05, 0) is 24.1 Å². The van der Waals surface area contributed by atoms with E-state index in [2.05, 4.69) is 33.0 Å². The first-order chi connectivity index (χ1) is 10.0. The third-order valence-corrected chi connectivity index (χ3v) is 2.90. The van der Waals surface area contributed by atoms with Crippen molar-refractivity contribution in [3.8, 4) is 11.5 Å². The number of methoxy groups -OCH3 is 1. The van der Waals surface area contributed by atoms with Crippen molar-refractivity contribution >= 4 is 0 Å². The molecule has 0 fully saturated rings. The van der Waals surface area contributed by atoms with Gasteiger partial charge >= 0.3 is 0 Å². The Bertz CT molecular complexity index is 405. The molecule has 0 aliphatic heterocycles. The molecule has 0 heterocycles. The van der Waals surface area contributed by atoms with E-state index in [-0.39, 0.29) is 0 Å². The van der Waals surface area contributed by atoms with E-state index in [0.717, 1.165) is 30.2 Å². The van der Waals surface area contributed by atoms with Crippen molar-refractivity contribution in [3.63, 3.8) is 0 Å². The van der Waals surface area contributed by atoms with Crippen molar-refractivity contribution in [1.29, 1.82) is 0 Å². The minimum Gasteiger partial charge on any atom is -0.497 e. The highest BCUT2D eigenvalue weighted by atomic mass is 16.5. The molecular weight excluding hydrogens is 266 g/mol. The summed E-state index contributed by atoms with van der Waals surface area (Å²) in [6.07, 6.45) is 0. The van der Waals surface area contributed by atoms with Gasteiger partial charge in [-0.15, -0.1) is 0 Å². The summed E-state index contributed by atoms with van der Waals surface area (Å²) in [5.41, 5.74) is 1.10. The predicted octanol–water partition coefficient (Wildman–Crippen LogP) is 3.24. The van der Waals surface area contributed by atoms with E-state index in [4.69, 9.17) is 14.2 Å². The average molecular weight is 295 g/mol. The molecule has 1 aromatic carbocycles. The monoisotopic (exact) mass is 295 g/mol. The number of benzene rings is 1. The zero-order chi connectivity index (χ0) is 15.7. The van der Waals surface area contributed by atoms with Crippen molar-refractivity contribution in [1.82, 2.24) is 5.32 Å². The Morgan fingerprint density at radius 3 is 2.48 bits per heavy atom. The molecule has 21 heavy (non-hydrogen) atoms. The number of nitrogens with one attached hydrogen (secondary N) is 1. The fourth-order valence-electron chi connectivity index (χ4n) is 1.81. The van der Waals surface area contributed by atoms with E-state index in [1.807, 2.05) is 18.2 Å². The molecule has 1 aromatic rings. The third-order valence-electron chi connectivity index (χ3n) is 2.90. The maximum absolute atomic E-state index is 5.83. The lowest BCUT2D eigenvalue weighted by molar-refractivity contribution is 0.0816. The summed E-state index contributed by atoms with van der Waals surface area (Å²) in [5, 5.41) is 3.40. The van der Waals surface area contributed by atoms with Crippen LogP contribution in [-0.2, 0) is 11.3 Å². The second-order valence-corrected chi connectivity index (χ2v) is 5.83. The molecule has 4 nitrogen and oxygen atoms in total. The first-order valence-corrected chi connectivity index (χ1v) is 7.63. The van der Waals surface area contributed by atoms with Crippen molar-refractivity contribution < 1.29 is 14.2 Å². The molecule has 0 unspecified atom stereocenters. The van der Waals surface area contributed by atoms with Crippen LogP contribution in [0.1, 0.15) is 33.3 Å². The Kier molecular flexibility index (Phi) is 8.16. The van der Waals surface area contributed by atoms with E-state index >= 15 is 0 Å². The van der Waals surface area contributed by atoms with Gasteiger partial charge in [0.2, 0.25) is 0 Å². The summed E-state index contributed by atoms with van der Waals surface area (Å²) >= 11 is 0. The van der Waals surface area contributed by atoms with Gasteiger partial charge in [0.15, 0.2) is 0 Å². The fourth-order valence-corrected chi connectivity index (χ4v) is 1.81. The summed E-state index contributed by atoms with van der Waals surface area (Å²) in [4.78, 5) is 0. The molecular formula is C17H29NO3. The van der Waals surface area contributed by atoms with Gasteiger partial charge in [-0.25, -0.2) is 0 Å². The molecule has 0 spiro atoms. The highest BCUT2D eigenvalue weighted by Gasteiger charge is 2.07. The smallest absolute Gasteiger partial charge is 0.124 e. The molecule has 4 heteroatoms. The number of rotatable bonds is 10. The van der Waals surface area contributed by atoms with Crippen LogP contribution in [0.3, 0.4) is 0 Å². The lowest BCUT2D eigenvalue weighted by atomic mass is 10.1. The van der Waals surface area contributed by atoms with Crippen LogP contribution in [0.15, 0.2) is 18.2 Å². The number of ether oxygens (including phenoxy) is 3. The van der Waals surface area contributed by atoms with Crippen LogP contribution in [0.5, 0.6) is 11.5 Å². The van der Waals surface area contributed by atoms with Gasteiger partial charge in [-0.3, -0.25) is 0 Å². The Labute approximate surface area is 128 Å².